The minimum absolute atomic E-state index is 0.0441. The fraction of sp³-hybridized carbons (Fsp3) is 0.583. The number of fused-ring (bicyclic) bond motifs is 1. The number of amides is 1. The molecule has 18 heavy (non-hydrogen) atoms. The Morgan fingerprint density at radius 1 is 1.56 bits per heavy atom. The van der Waals surface area contributed by atoms with Crippen molar-refractivity contribution in [3.63, 3.8) is 0 Å². The molecule has 1 aliphatic rings. The summed E-state index contributed by atoms with van der Waals surface area (Å²) in [6.07, 6.45) is 3.24. The molecule has 6 heteroatoms. The first-order valence-electron chi connectivity index (χ1n) is 5.96. The van der Waals surface area contributed by atoms with E-state index in [2.05, 4.69) is 17.2 Å². The van der Waals surface area contributed by atoms with Crippen LogP contribution in [-0.4, -0.2) is 21.8 Å². The Hall–Kier alpha value is -0.880. The zero-order valence-corrected chi connectivity index (χ0v) is 12.1. The van der Waals surface area contributed by atoms with E-state index >= 15 is 0 Å². The van der Waals surface area contributed by atoms with Gasteiger partial charge in [-0.05, 0) is 25.2 Å². The minimum Gasteiger partial charge on any atom is -0.301 e. The van der Waals surface area contributed by atoms with Crippen LogP contribution in [0.15, 0.2) is 0 Å². The molecular formula is C12H16N2O2S2. The summed E-state index contributed by atoms with van der Waals surface area (Å²) in [6.45, 7) is 3.70. The summed E-state index contributed by atoms with van der Waals surface area (Å²) in [6, 6.07) is 0. The molecule has 1 amide bonds. The van der Waals surface area contributed by atoms with Gasteiger partial charge in [0.05, 0.1) is 11.4 Å². The molecule has 1 unspecified atom stereocenters. The average molecular weight is 284 g/mol. The molecule has 0 fully saturated rings. The van der Waals surface area contributed by atoms with E-state index in [-0.39, 0.29) is 16.8 Å². The van der Waals surface area contributed by atoms with Crippen molar-refractivity contribution >= 4 is 39.3 Å². The first-order valence-corrected chi connectivity index (χ1v) is 7.76. The maximum absolute atomic E-state index is 11.6. The third-order valence-electron chi connectivity index (χ3n) is 2.84. The highest BCUT2D eigenvalue weighted by atomic mass is 32.2. The van der Waals surface area contributed by atoms with Crippen LogP contribution in [-0.2, 0) is 22.4 Å². The maximum Gasteiger partial charge on any atom is 0.236 e. The second-order valence-corrected chi connectivity index (χ2v) is 6.80. The number of carbonyl (C=O) groups excluding carboxylic acids is 2. The topological polar surface area (TPSA) is 59.1 Å². The molecule has 0 spiro atoms. The molecule has 0 aromatic carbocycles. The Morgan fingerprint density at radius 2 is 2.33 bits per heavy atom. The highest BCUT2D eigenvalue weighted by molar-refractivity contribution is 8.14. The van der Waals surface area contributed by atoms with Gasteiger partial charge in [0.15, 0.2) is 10.2 Å². The Balaban J connectivity index is 1.94. The summed E-state index contributed by atoms with van der Waals surface area (Å²) in [4.78, 5) is 28.1. The van der Waals surface area contributed by atoms with Crippen molar-refractivity contribution in [2.45, 2.75) is 33.1 Å². The van der Waals surface area contributed by atoms with Crippen molar-refractivity contribution in [2.75, 3.05) is 11.1 Å². The largest absolute Gasteiger partial charge is 0.301 e. The van der Waals surface area contributed by atoms with Gasteiger partial charge in [0.25, 0.3) is 0 Å². The molecule has 0 saturated carbocycles. The fourth-order valence-electron chi connectivity index (χ4n) is 1.92. The molecule has 1 N–H and O–H groups in total. The number of nitrogens with one attached hydrogen (secondary N) is 1. The van der Waals surface area contributed by atoms with E-state index in [1.54, 1.807) is 11.3 Å². The molecule has 0 bridgehead atoms. The lowest BCUT2D eigenvalue weighted by atomic mass is 9.93. The molecule has 1 aliphatic carbocycles. The molecule has 1 aromatic rings. The lowest BCUT2D eigenvalue weighted by Crippen LogP contribution is -2.14. The van der Waals surface area contributed by atoms with Crippen molar-refractivity contribution < 1.29 is 9.59 Å². The highest BCUT2D eigenvalue weighted by Crippen LogP contribution is 2.32. The van der Waals surface area contributed by atoms with Crippen LogP contribution < -0.4 is 5.32 Å². The van der Waals surface area contributed by atoms with Crippen LogP contribution in [0.1, 0.15) is 30.8 Å². The fourth-order valence-corrected chi connectivity index (χ4v) is 3.51. The highest BCUT2D eigenvalue weighted by Gasteiger charge is 2.20. The van der Waals surface area contributed by atoms with E-state index in [0.29, 0.717) is 11.0 Å². The van der Waals surface area contributed by atoms with Crippen LogP contribution in [0.5, 0.6) is 0 Å². The number of thioether (sulfide) groups is 1. The van der Waals surface area contributed by atoms with E-state index < -0.39 is 0 Å². The molecule has 1 atom stereocenters. The molecule has 0 radical (unpaired) electrons. The number of aryl methyl sites for hydroxylation is 1. The van der Waals surface area contributed by atoms with Crippen molar-refractivity contribution in [3.8, 4) is 0 Å². The van der Waals surface area contributed by atoms with Gasteiger partial charge in [0.1, 0.15) is 0 Å². The zero-order chi connectivity index (χ0) is 13.1. The van der Waals surface area contributed by atoms with Crippen molar-refractivity contribution in [1.29, 1.82) is 0 Å². The summed E-state index contributed by atoms with van der Waals surface area (Å²) in [7, 11) is 0. The molecule has 1 aromatic heterocycles. The number of thiazole rings is 1. The van der Waals surface area contributed by atoms with Gasteiger partial charge in [-0.2, -0.15) is 0 Å². The summed E-state index contributed by atoms with van der Waals surface area (Å²) >= 11 is 2.58. The van der Waals surface area contributed by atoms with Crippen molar-refractivity contribution in [1.82, 2.24) is 4.98 Å². The Morgan fingerprint density at radius 3 is 3.06 bits per heavy atom. The number of hydrogen-bond acceptors (Lipinski definition) is 5. The predicted octanol–water partition coefficient (Wildman–Crippen LogP) is 2.49. The van der Waals surface area contributed by atoms with E-state index in [9.17, 15) is 9.59 Å². The average Bonchev–Trinajstić information content (AvgIpc) is 2.67. The lowest BCUT2D eigenvalue weighted by molar-refractivity contribution is -0.114. The summed E-state index contributed by atoms with van der Waals surface area (Å²) in [5, 5.41) is 3.39. The smallest absolute Gasteiger partial charge is 0.236 e. The molecule has 1 heterocycles. The standard InChI is InChI=1S/C12H16N2O2S2/c1-7-3-4-9-10(5-7)18-12(13-9)14-11(16)6-17-8(2)15/h7H,3-6H2,1-2H3,(H,13,14,16). The Kier molecular flexibility index (Phi) is 4.40. The SMILES string of the molecule is CC(=O)SCC(=O)Nc1nc2c(s1)CC(C)CC2. The minimum atomic E-state index is -0.158. The third kappa shape index (κ3) is 3.55. The van der Waals surface area contributed by atoms with E-state index in [1.807, 2.05) is 0 Å². The first-order chi connectivity index (χ1) is 8.54. The van der Waals surface area contributed by atoms with Crippen LogP contribution in [0.25, 0.3) is 0 Å². The summed E-state index contributed by atoms with van der Waals surface area (Å²) in [5.41, 5.74) is 1.13. The number of nitrogens with zero attached hydrogens (tertiary/aromatic N) is 1. The lowest BCUT2D eigenvalue weighted by Gasteiger charge is -2.15. The summed E-state index contributed by atoms with van der Waals surface area (Å²) in [5.74, 6) is 0.708. The van der Waals surface area contributed by atoms with Crippen LogP contribution in [0.2, 0.25) is 0 Å². The Labute approximate surface area is 115 Å². The van der Waals surface area contributed by atoms with Gasteiger partial charge in [-0.25, -0.2) is 4.98 Å². The predicted molar refractivity (Wildman–Crippen MR) is 75.1 cm³/mol. The second-order valence-electron chi connectivity index (χ2n) is 4.57. The molecule has 4 nitrogen and oxygen atoms in total. The van der Waals surface area contributed by atoms with Crippen LogP contribution in [0, 0.1) is 5.92 Å². The number of rotatable bonds is 3. The quantitative estimate of drug-likeness (QED) is 0.926. The van der Waals surface area contributed by atoms with Gasteiger partial charge in [-0.1, -0.05) is 18.7 Å². The number of anilines is 1. The van der Waals surface area contributed by atoms with Gasteiger partial charge < -0.3 is 5.32 Å². The number of carbonyl (C=O) groups is 2. The monoisotopic (exact) mass is 284 g/mol. The van der Waals surface area contributed by atoms with E-state index in [1.165, 1.54) is 18.2 Å². The Bertz CT molecular complexity index is 471. The van der Waals surface area contributed by atoms with Crippen LogP contribution >= 0.6 is 23.1 Å². The number of hydrogen-bond donors (Lipinski definition) is 1. The van der Waals surface area contributed by atoms with Gasteiger partial charge in [0.2, 0.25) is 5.91 Å². The second kappa shape index (κ2) is 5.84. The third-order valence-corrected chi connectivity index (χ3v) is 4.69. The van der Waals surface area contributed by atoms with Gasteiger partial charge in [0, 0.05) is 11.8 Å². The molecule has 98 valence electrons. The molecule has 2 rings (SSSR count). The van der Waals surface area contributed by atoms with Gasteiger partial charge in [-0.3, -0.25) is 9.59 Å². The van der Waals surface area contributed by atoms with E-state index in [4.69, 9.17) is 0 Å². The molecule has 0 saturated heterocycles. The van der Waals surface area contributed by atoms with Gasteiger partial charge >= 0.3 is 0 Å². The summed E-state index contributed by atoms with van der Waals surface area (Å²) < 4.78 is 0. The normalized spacial score (nSPS) is 18.2. The van der Waals surface area contributed by atoms with Crippen LogP contribution in [0.3, 0.4) is 0 Å². The molecular weight excluding hydrogens is 268 g/mol. The van der Waals surface area contributed by atoms with Crippen LogP contribution in [0.4, 0.5) is 5.13 Å². The number of aromatic nitrogens is 1. The molecule has 0 aliphatic heterocycles. The van der Waals surface area contributed by atoms with E-state index in [0.717, 1.165) is 30.3 Å². The van der Waals surface area contributed by atoms with Crippen molar-refractivity contribution in [2.24, 2.45) is 5.92 Å². The van der Waals surface area contributed by atoms with Gasteiger partial charge in [-0.15, -0.1) is 11.3 Å². The van der Waals surface area contributed by atoms with Crippen molar-refractivity contribution in [3.05, 3.63) is 10.6 Å². The first kappa shape index (κ1) is 13.5. The zero-order valence-electron chi connectivity index (χ0n) is 10.5. The maximum atomic E-state index is 11.6.